The number of piperidine rings is 1. The monoisotopic (exact) mass is 416 g/mol. The number of para-hydroxylation sites is 1. The van der Waals surface area contributed by atoms with Crippen molar-refractivity contribution in [3.8, 4) is 0 Å². The molecule has 8 heteroatoms. The Hall–Kier alpha value is -2.42. The third-order valence-corrected chi connectivity index (χ3v) is 6.78. The summed E-state index contributed by atoms with van der Waals surface area (Å²) in [5, 5.41) is 8.79. The summed E-state index contributed by atoms with van der Waals surface area (Å²) in [6.45, 7) is 5.53. The van der Waals surface area contributed by atoms with Gasteiger partial charge in [0.25, 0.3) is 0 Å². The first-order chi connectivity index (χ1) is 13.8. The van der Waals surface area contributed by atoms with Crippen molar-refractivity contribution in [2.45, 2.75) is 37.6 Å². The quantitative estimate of drug-likeness (QED) is 0.581. The van der Waals surface area contributed by atoms with E-state index in [1.807, 2.05) is 25.1 Å². The van der Waals surface area contributed by atoms with Crippen molar-refractivity contribution in [1.82, 2.24) is 10.0 Å². The van der Waals surface area contributed by atoms with Crippen molar-refractivity contribution in [2.75, 3.05) is 23.7 Å². The number of hydrogen-bond donors (Lipinski definition) is 4. The Kier molecular flexibility index (Phi) is 6.89. The number of urea groups is 1. The summed E-state index contributed by atoms with van der Waals surface area (Å²) >= 11 is 0. The molecular formula is C21H28N4O3S. The number of rotatable bonds is 6. The number of carbonyl (C=O) groups excluding carboxylic acids is 1. The highest BCUT2D eigenvalue weighted by molar-refractivity contribution is 7.89. The van der Waals surface area contributed by atoms with Crippen LogP contribution in [0.5, 0.6) is 0 Å². The van der Waals surface area contributed by atoms with Gasteiger partial charge in [-0.2, -0.15) is 0 Å². The highest BCUT2D eigenvalue weighted by Gasteiger charge is 2.25. The third kappa shape index (κ3) is 5.79. The van der Waals surface area contributed by atoms with Crippen LogP contribution in [-0.2, 0) is 10.0 Å². The number of benzene rings is 2. The summed E-state index contributed by atoms with van der Waals surface area (Å²) in [7, 11) is -3.62. The molecule has 2 aromatic rings. The van der Waals surface area contributed by atoms with E-state index in [0.29, 0.717) is 22.9 Å². The predicted molar refractivity (Wildman–Crippen MR) is 116 cm³/mol. The smallest absolute Gasteiger partial charge is 0.317 e. The molecule has 1 aliphatic rings. The average molecular weight is 417 g/mol. The molecule has 156 valence electrons. The lowest BCUT2D eigenvalue weighted by atomic mass is 9.92. The molecule has 0 saturated carbocycles. The standard InChI is InChI=1S/C21H28N4O3S/c1-15-14-19(29(27,28)25-16(2)17-10-12-22-13-11-17)8-9-20(15)24-21(26)23-18-6-4-3-5-7-18/h3-9,14,16-17,22,25H,10-13H2,1-2H3,(H2,23,24,26)/t16-/m1/s1. The molecule has 2 amide bonds. The first-order valence-electron chi connectivity index (χ1n) is 9.82. The number of anilines is 2. The average Bonchev–Trinajstić information content (AvgIpc) is 2.70. The van der Waals surface area contributed by atoms with Gasteiger partial charge in [-0.25, -0.2) is 17.9 Å². The fraction of sp³-hybridized carbons (Fsp3) is 0.381. The molecule has 3 rings (SSSR count). The molecule has 1 aliphatic heterocycles. The zero-order valence-corrected chi connectivity index (χ0v) is 17.6. The number of aryl methyl sites for hydroxylation is 1. The van der Waals surface area contributed by atoms with Crippen LogP contribution in [0.25, 0.3) is 0 Å². The van der Waals surface area contributed by atoms with Crippen molar-refractivity contribution >= 4 is 27.4 Å². The van der Waals surface area contributed by atoms with E-state index in [-0.39, 0.29) is 17.0 Å². The van der Waals surface area contributed by atoms with E-state index in [9.17, 15) is 13.2 Å². The van der Waals surface area contributed by atoms with Gasteiger partial charge in [-0.05, 0) is 81.6 Å². The lowest BCUT2D eigenvalue weighted by Gasteiger charge is -2.28. The second kappa shape index (κ2) is 9.39. The SMILES string of the molecule is Cc1cc(S(=O)(=O)N[C@H](C)C2CCNCC2)ccc1NC(=O)Nc1ccccc1. The second-order valence-electron chi connectivity index (χ2n) is 7.42. The van der Waals surface area contributed by atoms with Crippen molar-refractivity contribution in [2.24, 2.45) is 5.92 Å². The summed E-state index contributed by atoms with van der Waals surface area (Å²) in [5.74, 6) is 0.328. The van der Waals surface area contributed by atoms with Crippen molar-refractivity contribution < 1.29 is 13.2 Å². The highest BCUT2D eigenvalue weighted by atomic mass is 32.2. The van der Waals surface area contributed by atoms with Gasteiger partial charge >= 0.3 is 6.03 Å². The van der Waals surface area contributed by atoms with Crippen LogP contribution >= 0.6 is 0 Å². The Morgan fingerprint density at radius 2 is 1.76 bits per heavy atom. The number of hydrogen-bond acceptors (Lipinski definition) is 4. The summed E-state index contributed by atoms with van der Waals surface area (Å²) in [6.07, 6.45) is 1.92. The fourth-order valence-corrected chi connectivity index (χ4v) is 4.90. The Bertz CT molecular complexity index is 942. The van der Waals surface area contributed by atoms with E-state index < -0.39 is 10.0 Å². The summed E-state index contributed by atoms with van der Waals surface area (Å²) in [6, 6.07) is 13.3. The zero-order chi connectivity index (χ0) is 20.9. The molecule has 4 N–H and O–H groups in total. The van der Waals surface area contributed by atoms with E-state index in [2.05, 4.69) is 20.7 Å². The normalized spacial score (nSPS) is 16.2. The van der Waals surface area contributed by atoms with Crippen LogP contribution in [0.2, 0.25) is 0 Å². The Labute approximate surface area is 172 Å². The molecule has 0 unspecified atom stereocenters. The third-order valence-electron chi connectivity index (χ3n) is 5.22. The molecule has 0 spiro atoms. The molecule has 2 aromatic carbocycles. The summed E-state index contributed by atoms with van der Waals surface area (Å²) in [4.78, 5) is 12.4. The summed E-state index contributed by atoms with van der Waals surface area (Å²) in [5.41, 5.74) is 1.91. The maximum Gasteiger partial charge on any atom is 0.323 e. The molecule has 1 saturated heterocycles. The molecule has 0 bridgehead atoms. The first-order valence-corrected chi connectivity index (χ1v) is 11.3. The van der Waals surface area contributed by atoms with Crippen LogP contribution in [0.15, 0.2) is 53.4 Å². The van der Waals surface area contributed by atoms with E-state index in [1.54, 1.807) is 31.2 Å². The van der Waals surface area contributed by atoms with Crippen molar-refractivity contribution in [3.63, 3.8) is 0 Å². The van der Waals surface area contributed by atoms with Gasteiger partial charge in [0.2, 0.25) is 10.0 Å². The molecule has 0 aromatic heterocycles. The van der Waals surface area contributed by atoms with Crippen LogP contribution in [-0.4, -0.2) is 33.6 Å². The molecule has 1 fully saturated rings. The minimum Gasteiger partial charge on any atom is -0.317 e. The first kappa shape index (κ1) is 21.3. The van der Waals surface area contributed by atoms with Crippen LogP contribution in [0, 0.1) is 12.8 Å². The van der Waals surface area contributed by atoms with Gasteiger partial charge < -0.3 is 16.0 Å². The molecule has 0 aliphatic carbocycles. The number of sulfonamides is 1. The second-order valence-corrected chi connectivity index (χ2v) is 9.13. The van der Waals surface area contributed by atoms with Crippen molar-refractivity contribution in [3.05, 3.63) is 54.1 Å². The van der Waals surface area contributed by atoms with Crippen LogP contribution in [0.3, 0.4) is 0 Å². The minimum atomic E-state index is -3.62. The van der Waals surface area contributed by atoms with Gasteiger partial charge in [-0.1, -0.05) is 18.2 Å². The van der Waals surface area contributed by atoms with E-state index >= 15 is 0 Å². The maximum atomic E-state index is 12.8. The molecular weight excluding hydrogens is 388 g/mol. The fourth-order valence-electron chi connectivity index (χ4n) is 3.50. The lowest BCUT2D eigenvalue weighted by Crippen LogP contribution is -2.42. The predicted octanol–water partition coefficient (Wildman–Crippen LogP) is 3.31. The Morgan fingerprint density at radius 3 is 2.41 bits per heavy atom. The van der Waals surface area contributed by atoms with Crippen molar-refractivity contribution in [1.29, 1.82) is 0 Å². The Balaban J connectivity index is 1.65. The number of carbonyl (C=O) groups is 1. The van der Waals surface area contributed by atoms with Gasteiger partial charge in [0.05, 0.1) is 4.90 Å². The molecule has 0 radical (unpaired) electrons. The van der Waals surface area contributed by atoms with E-state index in [4.69, 9.17) is 0 Å². The van der Waals surface area contributed by atoms with Crippen LogP contribution in [0.4, 0.5) is 16.2 Å². The Morgan fingerprint density at radius 1 is 1.07 bits per heavy atom. The van der Waals surface area contributed by atoms with Gasteiger partial charge in [-0.3, -0.25) is 0 Å². The topological polar surface area (TPSA) is 99.3 Å². The number of amides is 2. The largest absolute Gasteiger partial charge is 0.323 e. The lowest BCUT2D eigenvalue weighted by molar-refractivity contribution is 0.262. The number of nitrogens with one attached hydrogen (secondary N) is 4. The van der Waals surface area contributed by atoms with Crippen LogP contribution < -0.4 is 20.7 Å². The molecule has 1 heterocycles. The molecule has 29 heavy (non-hydrogen) atoms. The molecule has 1 atom stereocenters. The zero-order valence-electron chi connectivity index (χ0n) is 16.7. The maximum absolute atomic E-state index is 12.8. The van der Waals surface area contributed by atoms with E-state index in [1.165, 1.54) is 6.07 Å². The highest BCUT2D eigenvalue weighted by Crippen LogP contribution is 2.22. The minimum absolute atomic E-state index is 0.128. The van der Waals surface area contributed by atoms with Crippen LogP contribution in [0.1, 0.15) is 25.3 Å². The van der Waals surface area contributed by atoms with Gasteiger partial charge in [0.15, 0.2) is 0 Å². The summed E-state index contributed by atoms with van der Waals surface area (Å²) < 4.78 is 28.4. The van der Waals surface area contributed by atoms with Gasteiger partial charge in [-0.15, -0.1) is 0 Å². The van der Waals surface area contributed by atoms with Gasteiger partial charge in [0, 0.05) is 17.4 Å². The van der Waals surface area contributed by atoms with E-state index in [0.717, 1.165) is 25.9 Å². The molecule has 7 nitrogen and oxygen atoms in total. The van der Waals surface area contributed by atoms with Gasteiger partial charge in [0.1, 0.15) is 0 Å².